The Bertz CT molecular complexity index is 792. The van der Waals surface area contributed by atoms with Crippen LogP contribution in [0.3, 0.4) is 0 Å². The fourth-order valence-electron chi connectivity index (χ4n) is 3.49. The zero-order valence-corrected chi connectivity index (χ0v) is 13.6. The highest BCUT2D eigenvalue weighted by Crippen LogP contribution is 2.45. The molecule has 8 nitrogen and oxygen atoms in total. The van der Waals surface area contributed by atoms with Crippen LogP contribution in [0, 0.1) is 11.3 Å². The predicted octanol–water partition coefficient (Wildman–Crippen LogP) is 0.181. The maximum Gasteiger partial charge on any atom is 0.328 e. The number of carboxylic acids is 1. The van der Waals surface area contributed by atoms with Crippen LogP contribution >= 0.6 is 0 Å². The van der Waals surface area contributed by atoms with E-state index < -0.39 is 28.5 Å². The number of aromatic nitrogens is 2. The molecule has 0 spiro atoms. The van der Waals surface area contributed by atoms with Gasteiger partial charge in [0.1, 0.15) is 5.56 Å². The van der Waals surface area contributed by atoms with Crippen molar-refractivity contribution in [3.8, 4) is 0 Å². The van der Waals surface area contributed by atoms with Crippen LogP contribution in [-0.4, -0.2) is 44.5 Å². The lowest BCUT2D eigenvalue weighted by Crippen LogP contribution is -2.51. The van der Waals surface area contributed by atoms with E-state index in [-0.39, 0.29) is 12.1 Å². The van der Waals surface area contributed by atoms with Crippen molar-refractivity contribution in [2.75, 3.05) is 13.1 Å². The monoisotopic (exact) mass is 335 g/mol. The summed E-state index contributed by atoms with van der Waals surface area (Å²) in [6.07, 6.45) is 5.02. The topological polar surface area (TPSA) is 112 Å². The molecule has 0 aromatic carbocycles. The number of nitrogens with zero attached hydrogens (tertiary/aromatic N) is 2. The SMILES string of the molecule is Cn1cc(C(=O)N2CCC[C@@](CC3CC3)(C(=O)O)C2)c(=O)[nH]c1=O. The standard InChI is InChI=1S/C16H21N3O5/c1-18-8-11(12(20)17-15(18)24)13(21)19-6-2-5-16(9-19,14(22)23)7-10-3-4-10/h8,10H,2-7,9H2,1H3,(H,22,23)(H,17,20,24)/t16-/m0/s1. The minimum absolute atomic E-state index is 0.111. The Morgan fingerprint density at radius 1 is 1.38 bits per heavy atom. The molecule has 0 unspecified atom stereocenters. The highest BCUT2D eigenvalue weighted by atomic mass is 16.4. The maximum atomic E-state index is 12.7. The Morgan fingerprint density at radius 2 is 2.08 bits per heavy atom. The van der Waals surface area contributed by atoms with Gasteiger partial charge < -0.3 is 14.6 Å². The van der Waals surface area contributed by atoms with Crippen molar-refractivity contribution < 1.29 is 14.7 Å². The maximum absolute atomic E-state index is 12.7. The van der Waals surface area contributed by atoms with E-state index in [2.05, 4.69) is 4.98 Å². The van der Waals surface area contributed by atoms with Gasteiger partial charge >= 0.3 is 11.7 Å². The van der Waals surface area contributed by atoms with Crippen LogP contribution < -0.4 is 11.2 Å². The second kappa shape index (κ2) is 5.92. The van der Waals surface area contributed by atoms with Crippen molar-refractivity contribution in [1.29, 1.82) is 0 Å². The van der Waals surface area contributed by atoms with E-state index in [1.54, 1.807) is 0 Å². The van der Waals surface area contributed by atoms with Crippen molar-refractivity contribution in [3.05, 3.63) is 32.6 Å². The van der Waals surface area contributed by atoms with Crippen molar-refractivity contribution in [3.63, 3.8) is 0 Å². The van der Waals surface area contributed by atoms with Gasteiger partial charge in [0.15, 0.2) is 0 Å². The van der Waals surface area contributed by atoms with Gasteiger partial charge in [-0.2, -0.15) is 0 Å². The molecule has 8 heteroatoms. The summed E-state index contributed by atoms with van der Waals surface area (Å²) in [5, 5.41) is 9.72. The smallest absolute Gasteiger partial charge is 0.328 e. The second-order valence-corrected chi connectivity index (χ2v) is 6.98. The van der Waals surface area contributed by atoms with Gasteiger partial charge in [-0.1, -0.05) is 12.8 Å². The molecule has 1 aromatic heterocycles. The van der Waals surface area contributed by atoms with E-state index in [9.17, 15) is 24.3 Å². The number of aryl methyl sites for hydroxylation is 1. The number of hydrogen-bond donors (Lipinski definition) is 2. The number of H-pyrrole nitrogens is 1. The van der Waals surface area contributed by atoms with Gasteiger partial charge in [0.2, 0.25) is 0 Å². The molecule has 2 heterocycles. The van der Waals surface area contributed by atoms with Crippen LogP contribution in [-0.2, 0) is 11.8 Å². The molecule has 2 N–H and O–H groups in total. The lowest BCUT2D eigenvalue weighted by Gasteiger charge is -2.40. The van der Waals surface area contributed by atoms with Gasteiger partial charge in [0.05, 0.1) is 5.41 Å². The lowest BCUT2D eigenvalue weighted by molar-refractivity contribution is -0.152. The number of piperidine rings is 1. The molecule has 0 radical (unpaired) electrons. The first-order valence-electron chi connectivity index (χ1n) is 8.15. The highest BCUT2D eigenvalue weighted by molar-refractivity contribution is 5.94. The lowest BCUT2D eigenvalue weighted by atomic mass is 9.75. The Balaban J connectivity index is 1.87. The molecule has 2 fully saturated rings. The van der Waals surface area contributed by atoms with Crippen LogP contribution in [0.1, 0.15) is 42.5 Å². The minimum atomic E-state index is -0.928. The molecule has 1 aromatic rings. The predicted molar refractivity (Wildman–Crippen MR) is 84.9 cm³/mol. The van der Waals surface area contributed by atoms with Crippen LogP contribution in [0.4, 0.5) is 0 Å². The van der Waals surface area contributed by atoms with E-state index in [0.717, 1.165) is 17.4 Å². The number of aliphatic carboxylic acids is 1. The number of aromatic amines is 1. The van der Waals surface area contributed by atoms with Crippen LogP contribution in [0.2, 0.25) is 0 Å². The summed E-state index contributed by atoms with van der Waals surface area (Å²) < 4.78 is 1.13. The number of nitrogens with one attached hydrogen (secondary N) is 1. The average Bonchev–Trinajstić information content (AvgIpc) is 3.34. The molecule has 2 aliphatic rings. The van der Waals surface area contributed by atoms with E-state index >= 15 is 0 Å². The van der Waals surface area contributed by atoms with Gasteiger partial charge in [-0.3, -0.25) is 19.4 Å². The number of rotatable bonds is 4. The first kappa shape index (κ1) is 16.5. The average molecular weight is 335 g/mol. The Hall–Kier alpha value is -2.38. The molecule has 130 valence electrons. The molecule has 1 aliphatic carbocycles. The molecule has 1 saturated heterocycles. The molecular weight excluding hydrogens is 314 g/mol. The van der Waals surface area contributed by atoms with Gasteiger partial charge in [-0.05, 0) is 25.2 Å². The Labute approximate surface area is 138 Å². The molecule has 24 heavy (non-hydrogen) atoms. The quantitative estimate of drug-likeness (QED) is 0.815. The Morgan fingerprint density at radius 3 is 2.71 bits per heavy atom. The van der Waals surface area contributed by atoms with Gasteiger partial charge in [0, 0.05) is 26.3 Å². The molecule has 0 bridgehead atoms. The fraction of sp³-hybridized carbons (Fsp3) is 0.625. The van der Waals surface area contributed by atoms with Gasteiger partial charge in [-0.25, -0.2) is 4.79 Å². The van der Waals surface area contributed by atoms with Gasteiger partial charge in [0.25, 0.3) is 11.5 Å². The number of likely N-dealkylation sites (tertiary alicyclic amines) is 1. The van der Waals surface area contributed by atoms with E-state index in [4.69, 9.17) is 0 Å². The summed E-state index contributed by atoms with van der Waals surface area (Å²) in [6, 6.07) is 0. The summed E-state index contributed by atoms with van der Waals surface area (Å²) in [7, 11) is 1.44. The summed E-state index contributed by atoms with van der Waals surface area (Å²) in [6.45, 7) is 0.529. The summed E-state index contributed by atoms with van der Waals surface area (Å²) in [5.74, 6) is -0.966. The fourth-order valence-corrected chi connectivity index (χ4v) is 3.49. The molecular formula is C16H21N3O5. The minimum Gasteiger partial charge on any atom is -0.481 e. The second-order valence-electron chi connectivity index (χ2n) is 6.98. The number of hydrogen-bond acceptors (Lipinski definition) is 4. The number of carboxylic acid groups (broad SMARTS) is 1. The van der Waals surface area contributed by atoms with E-state index in [0.29, 0.717) is 31.7 Å². The molecule has 1 atom stereocenters. The highest BCUT2D eigenvalue weighted by Gasteiger charge is 2.47. The van der Waals surface area contributed by atoms with Crippen molar-refractivity contribution in [1.82, 2.24) is 14.5 Å². The van der Waals surface area contributed by atoms with Gasteiger partial charge in [-0.15, -0.1) is 0 Å². The summed E-state index contributed by atoms with van der Waals surface area (Å²) in [4.78, 5) is 51.4. The molecule has 1 saturated carbocycles. The van der Waals surface area contributed by atoms with Crippen molar-refractivity contribution >= 4 is 11.9 Å². The third kappa shape index (κ3) is 3.00. The zero-order chi connectivity index (χ0) is 17.5. The van der Waals surface area contributed by atoms with Crippen LogP contribution in [0.15, 0.2) is 15.8 Å². The third-order valence-electron chi connectivity index (χ3n) is 5.03. The van der Waals surface area contributed by atoms with Crippen molar-refractivity contribution in [2.45, 2.75) is 32.1 Å². The first-order valence-corrected chi connectivity index (χ1v) is 8.15. The molecule has 1 aliphatic heterocycles. The number of carbonyl (C=O) groups excluding carboxylic acids is 1. The van der Waals surface area contributed by atoms with Crippen LogP contribution in [0.5, 0.6) is 0 Å². The normalized spacial score (nSPS) is 24.0. The van der Waals surface area contributed by atoms with Crippen LogP contribution in [0.25, 0.3) is 0 Å². The van der Waals surface area contributed by atoms with E-state index in [1.165, 1.54) is 18.1 Å². The summed E-state index contributed by atoms with van der Waals surface area (Å²) in [5.41, 5.74) is -2.40. The zero-order valence-electron chi connectivity index (χ0n) is 13.6. The van der Waals surface area contributed by atoms with Crippen molar-refractivity contribution in [2.24, 2.45) is 18.4 Å². The largest absolute Gasteiger partial charge is 0.481 e. The number of carbonyl (C=O) groups is 2. The first-order chi connectivity index (χ1) is 11.3. The third-order valence-corrected chi connectivity index (χ3v) is 5.03. The molecule has 3 rings (SSSR count). The Kier molecular flexibility index (Phi) is 4.06. The summed E-state index contributed by atoms with van der Waals surface area (Å²) >= 11 is 0. The molecule has 1 amide bonds. The van der Waals surface area contributed by atoms with E-state index in [1.807, 2.05) is 0 Å². The number of amides is 1.